The van der Waals surface area contributed by atoms with Crippen LogP contribution in [0, 0.1) is 0 Å². The van der Waals surface area contributed by atoms with Gasteiger partial charge in [-0.05, 0) is 12.8 Å². The number of nitrogens with two attached hydrogens (primary N) is 1. The molecule has 1 aliphatic carbocycles. The van der Waals surface area contributed by atoms with Gasteiger partial charge in [-0.1, -0.05) is 17.4 Å². The van der Waals surface area contributed by atoms with Crippen molar-refractivity contribution in [2.24, 2.45) is 5.73 Å². The van der Waals surface area contributed by atoms with Gasteiger partial charge in [-0.15, -0.1) is 5.10 Å². The molecule has 0 saturated carbocycles. The molecule has 0 atom stereocenters. The summed E-state index contributed by atoms with van der Waals surface area (Å²) in [6, 6.07) is 0.241. The molecule has 0 aromatic carbocycles. The topological polar surface area (TPSA) is 85.8 Å². The van der Waals surface area contributed by atoms with E-state index in [-0.39, 0.29) is 18.5 Å². The molecular formula is C10H15N5O. The van der Waals surface area contributed by atoms with Crippen molar-refractivity contribution in [3.8, 4) is 0 Å². The van der Waals surface area contributed by atoms with Gasteiger partial charge in [-0.2, -0.15) is 0 Å². The summed E-state index contributed by atoms with van der Waals surface area (Å²) in [4.78, 5) is 11.6. The maximum atomic E-state index is 11.6. The van der Waals surface area contributed by atoms with Gasteiger partial charge in [0, 0.05) is 12.6 Å². The van der Waals surface area contributed by atoms with Crippen LogP contribution in [0.1, 0.15) is 18.5 Å². The van der Waals surface area contributed by atoms with E-state index in [0.29, 0.717) is 12.2 Å². The Labute approximate surface area is 93.5 Å². The first-order valence-corrected chi connectivity index (χ1v) is 5.31. The van der Waals surface area contributed by atoms with Gasteiger partial charge in [0.15, 0.2) is 0 Å². The summed E-state index contributed by atoms with van der Waals surface area (Å²) in [6.45, 7) is 0.539. The minimum absolute atomic E-state index is 0.0397. The molecule has 0 radical (unpaired) electrons. The van der Waals surface area contributed by atoms with Crippen molar-refractivity contribution < 1.29 is 4.79 Å². The van der Waals surface area contributed by atoms with E-state index in [1.807, 2.05) is 0 Å². The van der Waals surface area contributed by atoms with Gasteiger partial charge >= 0.3 is 0 Å². The highest BCUT2D eigenvalue weighted by Crippen LogP contribution is 2.08. The first-order chi connectivity index (χ1) is 7.78. The lowest BCUT2D eigenvalue weighted by Gasteiger charge is -2.11. The summed E-state index contributed by atoms with van der Waals surface area (Å²) in [5.74, 6) is -0.0397. The van der Waals surface area contributed by atoms with E-state index in [1.54, 1.807) is 6.20 Å². The van der Waals surface area contributed by atoms with Crippen LogP contribution in [0.4, 0.5) is 0 Å². The third kappa shape index (κ3) is 2.66. The first kappa shape index (κ1) is 10.8. The fourth-order valence-electron chi connectivity index (χ4n) is 1.66. The predicted molar refractivity (Wildman–Crippen MR) is 58.2 cm³/mol. The third-order valence-corrected chi connectivity index (χ3v) is 2.47. The Morgan fingerprint density at radius 3 is 2.94 bits per heavy atom. The molecule has 0 fully saturated rings. The van der Waals surface area contributed by atoms with Crippen LogP contribution in [0.25, 0.3) is 0 Å². The Morgan fingerprint density at radius 2 is 2.31 bits per heavy atom. The number of amides is 1. The number of aromatic nitrogens is 3. The number of carbonyl (C=O) groups excluding carboxylic acids is 1. The van der Waals surface area contributed by atoms with Crippen molar-refractivity contribution >= 4 is 5.91 Å². The lowest BCUT2D eigenvalue weighted by atomic mass is 10.2. The van der Waals surface area contributed by atoms with Crippen LogP contribution in [-0.2, 0) is 17.9 Å². The number of nitrogens with one attached hydrogen (secondary N) is 1. The molecule has 6 nitrogen and oxygen atoms in total. The van der Waals surface area contributed by atoms with Gasteiger partial charge in [0.05, 0.1) is 11.9 Å². The molecule has 0 unspecified atom stereocenters. The van der Waals surface area contributed by atoms with Crippen molar-refractivity contribution in [3.05, 3.63) is 24.0 Å². The van der Waals surface area contributed by atoms with Gasteiger partial charge in [0.2, 0.25) is 5.91 Å². The van der Waals surface area contributed by atoms with Crippen molar-refractivity contribution in [2.75, 3.05) is 0 Å². The van der Waals surface area contributed by atoms with Crippen LogP contribution in [-0.4, -0.2) is 26.9 Å². The number of rotatable bonds is 4. The predicted octanol–water partition coefficient (Wildman–Crippen LogP) is -0.428. The minimum atomic E-state index is -0.0397. The SMILES string of the molecule is NCc1cn(CC(=O)NC2CC=CC2)nn1. The summed E-state index contributed by atoms with van der Waals surface area (Å²) in [5, 5.41) is 10.6. The maximum absolute atomic E-state index is 11.6. The van der Waals surface area contributed by atoms with E-state index < -0.39 is 0 Å². The minimum Gasteiger partial charge on any atom is -0.351 e. The monoisotopic (exact) mass is 221 g/mol. The van der Waals surface area contributed by atoms with Gasteiger partial charge in [-0.25, -0.2) is 4.68 Å². The average Bonchev–Trinajstić information content (AvgIpc) is 2.89. The molecule has 6 heteroatoms. The van der Waals surface area contributed by atoms with Crippen LogP contribution in [0.15, 0.2) is 18.3 Å². The molecule has 1 aliphatic rings. The van der Waals surface area contributed by atoms with Crippen molar-refractivity contribution in [2.45, 2.75) is 32.0 Å². The highest BCUT2D eigenvalue weighted by atomic mass is 16.2. The Morgan fingerprint density at radius 1 is 1.56 bits per heavy atom. The molecule has 1 aromatic rings. The second-order valence-corrected chi connectivity index (χ2v) is 3.82. The normalized spacial score (nSPS) is 15.6. The maximum Gasteiger partial charge on any atom is 0.242 e. The van der Waals surface area contributed by atoms with E-state index in [4.69, 9.17) is 5.73 Å². The van der Waals surface area contributed by atoms with Gasteiger partial charge < -0.3 is 11.1 Å². The van der Waals surface area contributed by atoms with Crippen LogP contribution >= 0.6 is 0 Å². The molecule has 2 rings (SSSR count). The van der Waals surface area contributed by atoms with Crippen LogP contribution < -0.4 is 11.1 Å². The Bertz CT molecular complexity index is 390. The molecular weight excluding hydrogens is 206 g/mol. The van der Waals surface area contributed by atoms with Crippen LogP contribution in [0.3, 0.4) is 0 Å². The molecule has 1 amide bonds. The second kappa shape index (κ2) is 4.89. The number of carbonyl (C=O) groups is 1. The third-order valence-electron chi connectivity index (χ3n) is 2.47. The average molecular weight is 221 g/mol. The smallest absolute Gasteiger partial charge is 0.242 e. The summed E-state index contributed by atoms with van der Waals surface area (Å²) in [6.07, 6.45) is 7.67. The van der Waals surface area contributed by atoms with Crippen LogP contribution in [0.2, 0.25) is 0 Å². The fraction of sp³-hybridized carbons (Fsp3) is 0.500. The summed E-state index contributed by atoms with van der Waals surface area (Å²) in [7, 11) is 0. The zero-order valence-electron chi connectivity index (χ0n) is 8.97. The quantitative estimate of drug-likeness (QED) is 0.676. The molecule has 1 heterocycles. The summed E-state index contributed by atoms with van der Waals surface area (Å²) in [5.41, 5.74) is 6.09. The summed E-state index contributed by atoms with van der Waals surface area (Å²) < 4.78 is 1.50. The summed E-state index contributed by atoms with van der Waals surface area (Å²) >= 11 is 0. The molecule has 0 bridgehead atoms. The second-order valence-electron chi connectivity index (χ2n) is 3.82. The lowest BCUT2D eigenvalue weighted by Crippen LogP contribution is -2.35. The molecule has 86 valence electrons. The van der Waals surface area contributed by atoms with Gasteiger partial charge in [0.1, 0.15) is 6.54 Å². The highest BCUT2D eigenvalue weighted by molar-refractivity contribution is 5.76. The number of hydrogen-bond acceptors (Lipinski definition) is 4. The van der Waals surface area contributed by atoms with Gasteiger partial charge in [0.25, 0.3) is 0 Å². The zero-order chi connectivity index (χ0) is 11.4. The molecule has 1 aromatic heterocycles. The Kier molecular flexibility index (Phi) is 3.31. The molecule has 0 aliphatic heterocycles. The zero-order valence-corrected chi connectivity index (χ0v) is 8.97. The lowest BCUT2D eigenvalue weighted by molar-refractivity contribution is -0.122. The Hall–Kier alpha value is -1.69. The van der Waals surface area contributed by atoms with E-state index in [9.17, 15) is 4.79 Å². The number of hydrogen-bond donors (Lipinski definition) is 2. The van der Waals surface area contributed by atoms with Crippen molar-refractivity contribution in [1.82, 2.24) is 20.3 Å². The number of nitrogens with zero attached hydrogens (tertiary/aromatic N) is 3. The van der Waals surface area contributed by atoms with Gasteiger partial charge in [-0.3, -0.25) is 4.79 Å². The fourth-order valence-corrected chi connectivity index (χ4v) is 1.66. The molecule has 0 spiro atoms. The molecule has 0 saturated heterocycles. The van der Waals surface area contributed by atoms with E-state index in [1.165, 1.54) is 4.68 Å². The van der Waals surface area contributed by atoms with E-state index >= 15 is 0 Å². The van der Waals surface area contributed by atoms with Crippen LogP contribution in [0.5, 0.6) is 0 Å². The molecule has 3 N–H and O–H groups in total. The highest BCUT2D eigenvalue weighted by Gasteiger charge is 2.13. The van der Waals surface area contributed by atoms with E-state index in [2.05, 4.69) is 27.8 Å². The standard InChI is InChI=1S/C10H15N5O/c11-5-9-6-15(14-13-9)7-10(16)12-8-3-1-2-4-8/h1-2,6,8H,3-5,7,11H2,(H,12,16). The van der Waals surface area contributed by atoms with E-state index in [0.717, 1.165) is 12.8 Å². The van der Waals surface area contributed by atoms with Crippen molar-refractivity contribution in [1.29, 1.82) is 0 Å². The largest absolute Gasteiger partial charge is 0.351 e. The molecule has 16 heavy (non-hydrogen) atoms. The van der Waals surface area contributed by atoms with Crippen molar-refractivity contribution in [3.63, 3.8) is 0 Å². The Balaban J connectivity index is 1.82. The first-order valence-electron chi connectivity index (χ1n) is 5.31.